The van der Waals surface area contributed by atoms with Crippen LogP contribution in [0.2, 0.25) is 5.02 Å². The molecular weight excluding hydrogens is 342 g/mol. The van der Waals surface area contributed by atoms with Crippen LogP contribution in [0, 0.1) is 5.92 Å². The van der Waals surface area contributed by atoms with E-state index >= 15 is 0 Å². The fourth-order valence-corrected chi connectivity index (χ4v) is 4.76. The Labute approximate surface area is 134 Å². The molecule has 1 aliphatic rings. The SMILES string of the molecule is CCCNC(CCC1CCCC1)c1cc(Cl)c(Br)s1. The smallest absolute Gasteiger partial charge is 0.0887 e. The van der Waals surface area contributed by atoms with Crippen LogP contribution in [0.5, 0.6) is 0 Å². The molecule has 0 spiro atoms. The Morgan fingerprint density at radius 2 is 2.21 bits per heavy atom. The summed E-state index contributed by atoms with van der Waals surface area (Å²) in [6.07, 6.45) is 9.54. The van der Waals surface area contributed by atoms with Crippen molar-refractivity contribution in [2.24, 2.45) is 5.92 Å². The van der Waals surface area contributed by atoms with E-state index in [-0.39, 0.29) is 0 Å². The summed E-state index contributed by atoms with van der Waals surface area (Å²) in [7, 11) is 0. The third-order valence-corrected chi connectivity index (χ3v) is 6.58. The van der Waals surface area contributed by atoms with Crippen LogP contribution in [0.25, 0.3) is 0 Å². The molecule has 1 aromatic heterocycles. The summed E-state index contributed by atoms with van der Waals surface area (Å²) in [4.78, 5) is 1.38. The van der Waals surface area contributed by atoms with Crippen LogP contribution >= 0.6 is 38.9 Å². The fraction of sp³-hybridized carbons (Fsp3) is 0.733. The predicted octanol–water partition coefficient (Wildman–Crippen LogP) is 6.18. The van der Waals surface area contributed by atoms with Crippen LogP contribution in [-0.4, -0.2) is 6.54 Å². The van der Waals surface area contributed by atoms with Gasteiger partial charge < -0.3 is 5.32 Å². The van der Waals surface area contributed by atoms with E-state index in [1.54, 1.807) is 11.3 Å². The highest BCUT2D eigenvalue weighted by molar-refractivity contribution is 9.11. The van der Waals surface area contributed by atoms with Crippen molar-refractivity contribution in [2.45, 2.75) is 57.9 Å². The van der Waals surface area contributed by atoms with E-state index in [0.29, 0.717) is 6.04 Å². The Morgan fingerprint density at radius 1 is 1.47 bits per heavy atom. The zero-order chi connectivity index (χ0) is 13.7. The van der Waals surface area contributed by atoms with E-state index in [1.165, 1.54) is 49.8 Å². The molecule has 0 radical (unpaired) electrons. The molecule has 1 atom stereocenters. The van der Waals surface area contributed by atoms with E-state index in [1.807, 2.05) is 0 Å². The van der Waals surface area contributed by atoms with Crippen molar-refractivity contribution in [3.63, 3.8) is 0 Å². The van der Waals surface area contributed by atoms with Crippen molar-refractivity contribution in [3.05, 3.63) is 19.8 Å². The standard InChI is InChI=1S/C15H23BrClNS/c1-2-9-18-13(8-7-11-5-3-4-6-11)14-10-12(17)15(16)19-14/h10-11,13,18H,2-9H2,1H3. The van der Waals surface area contributed by atoms with Crippen LogP contribution < -0.4 is 5.32 Å². The number of halogens is 2. The summed E-state index contributed by atoms with van der Waals surface area (Å²) >= 11 is 11.5. The van der Waals surface area contributed by atoms with Gasteiger partial charge in [0, 0.05) is 10.9 Å². The second-order valence-corrected chi connectivity index (χ2v) is 8.31. The van der Waals surface area contributed by atoms with Crippen molar-refractivity contribution in [1.82, 2.24) is 5.32 Å². The minimum Gasteiger partial charge on any atom is -0.309 e. The van der Waals surface area contributed by atoms with Crippen LogP contribution in [0.15, 0.2) is 9.85 Å². The van der Waals surface area contributed by atoms with E-state index in [0.717, 1.165) is 21.3 Å². The average Bonchev–Trinajstić information content (AvgIpc) is 3.01. The van der Waals surface area contributed by atoms with Crippen molar-refractivity contribution >= 4 is 38.9 Å². The minimum absolute atomic E-state index is 0.481. The highest BCUT2D eigenvalue weighted by Crippen LogP contribution is 2.38. The number of hydrogen-bond donors (Lipinski definition) is 1. The molecule has 2 rings (SSSR count). The lowest BCUT2D eigenvalue weighted by Crippen LogP contribution is -2.21. The molecule has 0 saturated heterocycles. The summed E-state index contributed by atoms with van der Waals surface area (Å²) in [6.45, 7) is 3.31. The highest BCUT2D eigenvalue weighted by atomic mass is 79.9. The molecule has 1 heterocycles. The first-order valence-electron chi connectivity index (χ1n) is 7.38. The molecule has 0 amide bonds. The zero-order valence-corrected chi connectivity index (χ0v) is 14.7. The first-order valence-corrected chi connectivity index (χ1v) is 9.37. The molecule has 1 fully saturated rings. The van der Waals surface area contributed by atoms with E-state index in [2.05, 4.69) is 34.2 Å². The monoisotopic (exact) mass is 363 g/mol. The van der Waals surface area contributed by atoms with Crippen LogP contribution in [-0.2, 0) is 0 Å². The molecule has 0 bridgehead atoms. The molecule has 108 valence electrons. The number of hydrogen-bond acceptors (Lipinski definition) is 2. The summed E-state index contributed by atoms with van der Waals surface area (Å²) in [6, 6.07) is 2.60. The maximum Gasteiger partial charge on any atom is 0.0887 e. The largest absolute Gasteiger partial charge is 0.309 e. The van der Waals surface area contributed by atoms with Gasteiger partial charge in [-0.05, 0) is 53.7 Å². The zero-order valence-electron chi connectivity index (χ0n) is 11.6. The van der Waals surface area contributed by atoms with Gasteiger partial charge in [0.25, 0.3) is 0 Å². The molecule has 1 aliphatic carbocycles. The minimum atomic E-state index is 0.481. The molecule has 0 aromatic carbocycles. The van der Waals surface area contributed by atoms with Crippen LogP contribution in [0.1, 0.15) is 62.8 Å². The highest BCUT2D eigenvalue weighted by Gasteiger charge is 2.20. The van der Waals surface area contributed by atoms with Crippen molar-refractivity contribution in [1.29, 1.82) is 0 Å². The molecule has 0 aliphatic heterocycles. The quantitative estimate of drug-likeness (QED) is 0.609. The van der Waals surface area contributed by atoms with Gasteiger partial charge in [-0.2, -0.15) is 0 Å². The Balaban J connectivity index is 1.93. The topological polar surface area (TPSA) is 12.0 Å². The lowest BCUT2D eigenvalue weighted by Gasteiger charge is -2.19. The van der Waals surface area contributed by atoms with Gasteiger partial charge in [-0.3, -0.25) is 0 Å². The summed E-state index contributed by atoms with van der Waals surface area (Å²) in [5.41, 5.74) is 0. The molecule has 1 saturated carbocycles. The van der Waals surface area contributed by atoms with Gasteiger partial charge in [0.05, 0.1) is 8.81 Å². The number of nitrogens with one attached hydrogen (secondary N) is 1. The molecule has 1 aromatic rings. The number of thiophene rings is 1. The third kappa shape index (κ3) is 4.73. The summed E-state index contributed by atoms with van der Waals surface area (Å²) < 4.78 is 1.06. The van der Waals surface area contributed by atoms with Gasteiger partial charge in [-0.1, -0.05) is 44.2 Å². The molecule has 1 unspecified atom stereocenters. The Kier molecular flexibility index (Phi) is 6.67. The van der Waals surface area contributed by atoms with E-state index in [9.17, 15) is 0 Å². The molecule has 19 heavy (non-hydrogen) atoms. The average molecular weight is 365 g/mol. The van der Waals surface area contributed by atoms with Crippen molar-refractivity contribution in [2.75, 3.05) is 6.54 Å². The second-order valence-electron chi connectivity index (χ2n) is 5.50. The first kappa shape index (κ1) is 15.8. The van der Waals surface area contributed by atoms with Gasteiger partial charge in [0.2, 0.25) is 0 Å². The van der Waals surface area contributed by atoms with Gasteiger partial charge in [0.1, 0.15) is 0 Å². The molecule has 1 N–H and O–H groups in total. The maximum absolute atomic E-state index is 6.17. The maximum atomic E-state index is 6.17. The molecular formula is C15H23BrClNS. The number of rotatable bonds is 7. The van der Waals surface area contributed by atoms with Gasteiger partial charge >= 0.3 is 0 Å². The fourth-order valence-electron chi connectivity index (χ4n) is 2.90. The van der Waals surface area contributed by atoms with E-state index in [4.69, 9.17) is 11.6 Å². The molecule has 1 nitrogen and oxygen atoms in total. The van der Waals surface area contributed by atoms with Crippen LogP contribution in [0.4, 0.5) is 0 Å². The van der Waals surface area contributed by atoms with E-state index < -0.39 is 0 Å². The van der Waals surface area contributed by atoms with Crippen molar-refractivity contribution in [3.8, 4) is 0 Å². The molecule has 4 heteroatoms. The lowest BCUT2D eigenvalue weighted by atomic mass is 9.98. The Morgan fingerprint density at radius 3 is 2.79 bits per heavy atom. The predicted molar refractivity (Wildman–Crippen MR) is 89.3 cm³/mol. The van der Waals surface area contributed by atoms with Gasteiger partial charge in [-0.25, -0.2) is 0 Å². The second kappa shape index (κ2) is 8.02. The van der Waals surface area contributed by atoms with Crippen LogP contribution in [0.3, 0.4) is 0 Å². The van der Waals surface area contributed by atoms with Crippen molar-refractivity contribution < 1.29 is 0 Å². The Bertz CT molecular complexity index is 368. The lowest BCUT2D eigenvalue weighted by molar-refractivity contribution is 0.415. The first-order chi connectivity index (χ1) is 9.20. The summed E-state index contributed by atoms with van der Waals surface area (Å²) in [5, 5.41) is 4.53. The summed E-state index contributed by atoms with van der Waals surface area (Å²) in [5.74, 6) is 0.963. The van der Waals surface area contributed by atoms with Gasteiger partial charge in [0.15, 0.2) is 0 Å². The van der Waals surface area contributed by atoms with Gasteiger partial charge in [-0.15, -0.1) is 11.3 Å². The third-order valence-electron chi connectivity index (χ3n) is 3.99. The Hall–Kier alpha value is 0.430. The normalized spacial score (nSPS) is 18.1.